The Labute approximate surface area is 123 Å². The number of hydrogen-bond acceptors (Lipinski definition) is 4. The fraction of sp³-hybridized carbons (Fsp3) is 0.500. The number of aromatic nitrogens is 1. The van der Waals surface area contributed by atoms with Crippen molar-refractivity contribution < 1.29 is 9.59 Å². The van der Waals surface area contributed by atoms with Crippen molar-refractivity contribution in [3.8, 4) is 0 Å². The molecule has 0 atom stereocenters. The lowest BCUT2D eigenvalue weighted by molar-refractivity contribution is -0.129. The number of piperidine rings is 1. The van der Waals surface area contributed by atoms with Crippen LogP contribution in [-0.4, -0.2) is 46.3 Å². The van der Waals surface area contributed by atoms with Crippen LogP contribution in [0.3, 0.4) is 0 Å². The van der Waals surface area contributed by atoms with E-state index in [0.29, 0.717) is 11.4 Å². The number of carbonyl (C=O) groups excluding carboxylic acids is 2. The molecule has 0 aromatic carbocycles. The van der Waals surface area contributed by atoms with Gasteiger partial charge in [-0.2, -0.15) is 0 Å². The monoisotopic (exact) mass is 293 g/mol. The van der Waals surface area contributed by atoms with Gasteiger partial charge in [-0.1, -0.05) is 0 Å². The van der Waals surface area contributed by atoms with Crippen LogP contribution < -0.4 is 5.32 Å². The normalized spacial score (nSPS) is 14.9. The van der Waals surface area contributed by atoms with Gasteiger partial charge < -0.3 is 10.2 Å². The number of nitrogens with one attached hydrogen (secondary N) is 1. The Morgan fingerprint density at radius 1 is 1.25 bits per heavy atom. The molecular weight excluding hydrogens is 274 g/mol. The third-order valence-corrected chi connectivity index (χ3v) is 4.03. The highest BCUT2D eigenvalue weighted by Gasteiger charge is 2.16. The molecule has 20 heavy (non-hydrogen) atoms. The molecule has 2 rings (SSSR count). The fourth-order valence-electron chi connectivity index (χ4n) is 2.10. The second-order valence-corrected chi connectivity index (χ2v) is 5.71. The summed E-state index contributed by atoms with van der Waals surface area (Å²) in [4.78, 5) is 29.4. The summed E-state index contributed by atoms with van der Waals surface area (Å²) in [5.74, 6) is 0.702. The van der Waals surface area contributed by atoms with E-state index < -0.39 is 0 Å². The van der Waals surface area contributed by atoms with Crippen LogP contribution in [0.5, 0.6) is 0 Å². The topological polar surface area (TPSA) is 62.3 Å². The van der Waals surface area contributed by atoms with E-state index in [1.807, 2.05) is 4.90 Å². The standard InChI is InChI=1S/C14H19N3O2S/c18-13(16-12-5-4-6-15-9-12)10-20-11-14(19)17-7-2-1-3-8-17/h4-6,9H,1-3,7-8,10-11H2,(H,16,18). The largest absolute Gasteiger partial charge is 0.342 e. The lowest BCUT2D eigenvalue weighted by Gasteiger charge is -2.26. The molecule has 1 aliphatic heterocycles. The zero-order valence-electron chi connectivity index (χ0n) is 11.4. The van der Waals surface area contributed by atoms with Crippen molar-refractivity contribution in [2.45, 2.75) is 19.3 Å². The second-order valence-electron chi connectivity index (χ2n) is 4.72. The number of likely N-dealkylation sites (tertiary alicyclic amines) is 1. The number of nitrogens with zero attached hydrogens (tertiary/aromatic N) is 2. The van der Waals surface area contributed by atoms with Crippen LogP contribution in [0.1, 0.15) is 19.3 Å². The zero-order valence-corrected chi connectivity index (χ0v) is 12.2. The number of rotatable bonds is 5. The Hall–Kier alpha value is -1.56. The first kappa shape index (κ1) is 14.8. The second kappa shape index (κ2) is 7.89. The molecule has 5 nitrogen and oxygen atoms in total. The van der Waals surface area contributed by atoms with E-state index in [1.165, 1.54) is 18.2 Å². The number of anilines is 1. The molecule has 1 aromatic rings. The first-order valence-electron chi connectivity index (χ1n) is 6.81. The Morgan fingerprint density at radius 3 is 2.75 bits per heavy atom. The minimum Gasteiger partial charge on any atom is -0.342 e. The van der Waals surface area contributed by atoms with Crippen molar-refractivity contribution in [1.29, 1.82) is 0 Å². The third kappa shape index (κ3) is 4.85. The molecule has 6 heteroatoms. The maximum Gasteiger partial charge on any atom is 0.234 e. The van der Waals surface area contributed by atoms with Gasteiger partial charge in [0, 0.05) is 19.3 Å². The highest BCUT2D eigenvalue weighted by molar-refractivity contribution is 8.00. The summed E-state index contributed by atoms with van der Waals surface area (Å²) in [6, 6.07) is 3.55. The van der Waals surface area contributed by atoms with Crippen LogP contribution in [0.25, 0.3) is 0 Å². The van der Waals surface area contributed by atoms with Gasteiger partial charge in [0.2, 0.25) is 11.8 Å². The van der Waals surface area contributed by atoms with Gasteiger partial charge in [0.25, 0.3) is 0 Å². The van der Waals surface area contributed by atoms with Gasteiger partial charge >= 0.3 is 0 Å². The Bertz CT molecular complexity index is 447. The average Bonchev–Trinajstić information content (AvgIpc) is 2.49. The van der Waals surface area contributed by atoms with Gasteiger partial charge in [0.05, 0.1) is 23.4 Å². The van der Waals surface area contributed by atoms with Crippen LogP contribution in [0, 0.1) is 0 Å². The Kier molecular flexibility index (Phi) is 5.86. The Morgan fingerprint density at radius 2 is 2.05 bits per heavy atom. The molecule has 1 aliphatic rings. The van der Waals surface area contributed by atoms with Crippen molar-refractivity contribution in [2.24, 2.45) is 0 Å². The van der Waals surface area contributed by atoms with Gasteiger partial charge in [-0.15, -0.1) is 11.8 Å². The first-order valence-corrected chi connectivity index (χ1v) is 7.96. The van der Waals surface area contributed by atoms with Gasteiger partial charge in [-0.25, -0.2) is 0 Å². The lowest BCUT2D eigenvalue weighted by Crippen LogP contribution is -2.37. The van der Waals surface area contributed by atoms with Gasteiger partial charge in [-0.05, 0) is 31.4 Å². The van der Waals surface area contributed by atoms with E-state index in [1.54, 1.807) is 24.5 Å². The van der Waals surface area contributed by atoms with Gasteiger partial charge in [-0.3, -0.25) is 14.6 Å². The lowest BCUT2D eigenvalue weighted by atomic mass is 10.1. The third-order valence-electron chi connectivity index (χ3n) is 3.11. The summed E-state index contributed by atoms with van der Waals surface area (Å²) < 4.78 is 0. The number of thioether (sulfide) groups is 1. The summed E-state index contributed by atoms with van der Waals surface area (Å²) in [5, 5.41) is 2.75. The summed E-state index contributed by atoms with van der Waals surface area (Å²) in [6.07, 6.45) is 6.66. The molecule has 0 spiro atoms. The van der Waals surface area contributed by atoms with Crippen molar-refractivity contribution in [3.05, 3.63) is 24.5 Å². The molecule has 0 aliphatic carbocycles. The van der Waals surface area contributed by atoms with Crippen LogP contribution in [0.4, 0.5) is 5.69 Å². The molecule has 0 saturated carbocycles. The molecule has 1 aromatic heterocycles. The molecule has 2 amide bonds. The minimum absolute atomic E-state index is 0.102. The summed E-state index contributed by atoms with van der Waals surface area (Å²) in [5.41, 5.74) is 0.681. The zero-order chi connectivity index (χ0) is 14.2. The molecule has 1 N–H and O–H groups in total. The molecule has 108 valence electrons. The van der Waals surface area contributed by atoms with E-state index in [0.717, 1.165) is 25.9 Å². The molecule has 0 unspecified atom stereocenters. The maximum absolute atomic E-state index is 11.9. The predicted octanol–water partition coefficient (Wildman–Crippen LogP) is 1.77. The first-order chi connectivity index (χ1) is 9.75. The van der Waals surface area contributed by atoms with Crippen molar-refractivity contribution in [2.75, 3.05) is 29.9 Å². The maximum atomic E-state index is 11.9. The van der Waals surface area contributed by atoms with Crippen LogP contribution in [0.15, 0.2) is 24.5 Å². The predicted molar refractivity (Wildman–Crippen MR) is 80.6 cm³/mol. The van der Waals surface area contributed by atoms with Crippen molar-refractivity contribution in [3.63, 3.8) is 0 Å². The van der Waals surface area contributed by atoms with Crippen LogP contribution >= 0.6 is 11.8 Å². The SMILES string of the molecule is O=C(CSCC(=O)N1CCCCC1)Nc1cccnc1. The summed E-state index contributed by atoms with van der Waals surface area (Å²) >= 11 is 1.36. The molecule has 0 radical (unpaired) electrons. The summed E-state index contributed by atoms with van der Waals surface area (Å²) in [6.45, 7) is 1.72. The van der Waals surface area contributed by atoms with E-state index in [-0.39, 0.29) is 17.6 Å². The Balaban J connectivity index is 1.65. The highest BCUT2D eigenvalue weighted by atomic mass is 32.2. The summed E-state index contributed by atoms with van der Waals surface area (Å²) in [7, 11) is 0. The molecule has 1 fully saturated rings. The van der Waals surface area contributed by atoms with E-state index >= 15 is 0 Å². The van der Waals surface area contributed by atoms with Crippen molar-refractivity contribution in [1.82, 2.24) is 9.88 Å². The van der Waals surface area contributed by atoms with E-state index in [9.17, 15) is 9.59 Å². The minimum atomic E-state index is -0.102. The number of carbonyl (C=O) groups is 2. The van der Waals surface area contributed by atoms with Crippen LogP contribution in [0.2, 0.25) is 0 Å². The average molecular weight is 293 g/mol. The quantitative estimate of drug-likeness (QED) is 0.898. The number of hydrogen-bond donors (Lipinski definition) is 1. The number of pyridine rings is 1. The van der Waals surface area contributed by atoms with Crippen LogP contribution in [-0.2, 0) is 9.59 Å². The van der Waals surface area contributed by atoms with Gasteiger partial charge in [0.1, 0.15) is 0 Å². The molecule has 1 saturated heterocycles. The highest BCUT2D eigenvalue weighted by Crippen LogP contribution is 2.11. The van der Waals surface area contributed by atoms with E-state index in [2.05, 4.69) is 10.3 Å². The molecule has 0 bridgehead atoms. The number of amides is 2. The smallest absolute Gasteiger partial charge is 0.234 e. The van der Waals surface area contributed by atoms with E-state index in [4.69, 9.17) is 0 Å². The molecular formula is C14H19N3O2S. The molecule has 2 heterocycles. The van der Waals surface area contributed by atoms with Crippen molar-refractivity contribution >= 4 is 29.3 Å². The van der Waals surface area contributed by atoms with Gasteiger partial charge in [0.15, 0.2) is 0 Å². The fourth-order valence-corrected chi connectivity index (χ4v) is 2.82.